The quantitative estimate of drug-likeness (QED) is 0.877. The van der Waals surface area contributed by atoms with Crippen LogP contribution >= 0.6 is 0 Å². The Morgan fingerprint density at radius 1 is 1.08 bits per heavy atom. The average molecular weight is 339 g/mol. The van der Waals surface area contributed by atoms with Crippen molar-refractivity contribution in [2.45, 2.75) is 51.7 Å². The number of pyridine rings is 1. The maximum absolute atomic E-state index is 12.2. The maximum Gasteiger partial charge on any atom is 0.319 e. The van der Waals surface area contributed by atoms with E-state index in [2.05, 4.69) is 15.6 Å². The van der Waals surface area contributed by atoms with Gasteiger partial charge in [-0.2, -0.15) is 0 Å². The first-order valence-electron chi connectivity index (χ1n) is 8.82. The van der Waals surface area contributed by atoms with Crippen LogP contribution in [0.1, 0.15) is 36.8 Å². The minimum Gasteiger partial charge on any atom is -0.474 e. The number of nitrogens with zero attached hydrogens (tertiary/aromatic N) is 1. The zero-order valence-corrected chi connectivity index (χ0v) is 14.8. The highest BCUT2D eigenvalue weighted by Gasteiger charge is 2.24. The number of aryl methyl sites for hydroxylation is 2. The number of carbonyl (C=O) groups excluding carboxylic acids is 1. The average Bonchev–Trinajstić information content (AvgIpc) is 2.61. The molecule has 5 heteroatoms. The van der Waals surface area contributed by atoms with Crippen LogP contribution in [0.15, 0.2) is 42.6 Å². The molecule has 1 aliphatic rings. The van der Waals surface area contributed by atoms with Gasteiger partial charge in [0.2, 0.25) is 5.88 Å². The Morgan fingerprint density at radius 2 is 1.84 bits per heavy atom. The molecular formula is C20H25N3O2. The van der Waals surface area contributed by atoms with Gasteiger partial charge in [-0.25, -0.2) is 9.78 Å². The fourth-order valence-corrected chi connectivity index (χ4v) is 3.08. The van der Waals surface area contributed by atoms with Crippen molar-refractivity contribution in [1.82, 2.24) is 10.3 Å². The number of aromatic nitrogens is 1. The fourth-order valence-electron chi connectivity index (χ4n) is 3.08. The molecule has 25 heavy (non-hydrogen) atoms. The molecular weight excluding hydrogens is 314 g/mol. The lowest BCUT2D eigenvalue weighted by molar-refractivity contribution is 0.135. The Labute approximate surface area is 148 Å². The van der Waals surface area contributed by atoms with Crippen molar-refractivity contribution in [1.29, 1.82) is 0 Å². The van der Waals surface area contributed by atoms with Gasteiger partial charge in [0.05, 0.1) is 0 Å². The summed E-state index contributed by atoms with van der Waals surface area (Å²) in [5, 5.41) is 5.99. The molecule has 1 heterocycles. The Balaban J connectivity index is 1.43. The third-order valence-corrected chi connectivity index (χ3v) is 4.57. The number of urea groups is 1. The van der Waals surface area contributed by atoms with Crippen LogP contribution in [0.2, 0.25) is 0 Å². The summed E-state index contributed by atoms with van der Waals surface area (Å²) >= 11 is 0. The molecule has 3 rings (SSSR count). The van der Waals surface area contributed by atoms with Gasteiger partial charge in [-0.05, 0) is 56.7 Å². The van der Waals surface area contributed by atoms with Gasteiger partial charge in [-0.1, -0.05) is 24.3 Å². The van der Waals surface area contributed by atoms with Gasteiger partial charge in [0, 0.05) is 24.0 Å². The zero-order chi connectivity index (χ0) is 17.6. The smallest absolute Gasteiger partial charge is 0.319 e. The van der Waals surface area contributed by atoms with Crippen LogP contribution in [-0.4, -0.2) is 23.2 Å². The standard InChI is InChI=1S/C20H25N3O2/c1-14-7-12-19(21-13-14)25-17-10-8-16(9-11-17)22-20(24)23-18-6-4-3-5-15(18)2/h3-7,12-13,16-17H,8-11H2,1-2H3,(H2,22,23,24). The van der Waals surface area contributed by atoms with E-state index < -0.39 is 0 Å². The van der Waals surface area contributed by atoms with E-state index in [1.165, 1.54) is 0 Å². The molecule has 0 bridgehead atoms. The molecule has 2 aromatic rings. The first-order valence-corrected chi connectivity index (χ1v) is 8.82. The molecule has 5 nitrogen and oxygen atoms in total. The van der Waals surface area contributed by atoms with E-state index in [1.807, 2.05) is 56.4 Å². The van der Waals surface area contributed by atoms with Gasteiger partial charge in [0.1, 0.15) is 6.10 Å². The monoisotopic (exact) mass is 339 g/mol. The Hall–Kier alpha value is -2.56. The van der Waals surface area contributed by atoms with Crippen LogP contribution in [0, 0.1) is 13.8 Å². The van der Waals surface area contributed by atoms with Gasteiger partial charge >= 0.3 is 6.03 Å². The SMILES string of the molecule is Cc1ccc(OC2CCC(NC(=O)Nc3ccccc3C)CC2)nc1. The van der Waals surface area contributed by atoms with Crippen LogP contribution in [0.25, 0.3) is 0 Å². The molecule has 1 aromatic heterocycles. The van der Waals surface area contributed by atoms with Crippen LogP contribution in [-0.2, 0) is 0 Å². The van der Waals surface area contributed by atoms with Crippen molar-refractivity contribution in [2.24, 2.45) is 0 Å². The van der Waals surface area contributed by atoms with Crippen molar-refractivity contribution in [3.8, 4) is 5.88 Å². The van der Waals surface area contributed by atoms with E-state index in [-0.39, 0.29) is 18.2 Å². The fraction of sp³-hybridized carbons (Fsp3) is 0.400. The highest BCUT2D eigenvalue weighted by molar-refractivity contribution is 5.90. The molecule has 0 unspecified atom stereocenters. The van der Waals surface area contributed by atoms with Gasteiger partial charge in [0.25, 0.3) is 0 Å². The summed E-state index contributed by atoms with van der Waals surface area (Å²) in [4.78, 5) is 16.5. The predicted octanol–water partition coefficient (Wildman–Crippen LogP) is 4.21. The van der Waals surface area contributed by atoms with Gasteiger partial charge in [-0.3, -0.25) is 0 Å². The molecule has 1 aliphatic carbocycles. The van der Waals surface area contributed by atoms with E-state index in [0.29, 0.717) is 5.88 Å². The minimum absolute atomic E-state index is 0.140. The molecule has 0 atom stereocenters. The summed E-state index contributed by atoms with van der Waals surface area (Å²) in [5.41, 5.74) is 3.03. The topological polar surface area (TPSA) is 63.2 Å². The molecule has 0 saturated heterocycles. The van der Waals surface area contributed by atoms with E-state index in [9.17, 15) is 4.79 Å². The Bertz CT molecular complexity index is 707. The molecule has 1 saturated carbocycles. The first kappa shape index (κ1) is 17.3. The summed E-state index contributed by atoms with van der Waals surface area (Å²) in [6.45, 7) is 3.99. The number of hydrogen-bond donors (Lipinski definition) is 2. The predicted molar refractivity (Wildman–Crippen MR) is 99.0 cm³/mol. The van der Waals surface area contributed by atoms with E-state index >= 15 is 0 Å². The number of anilines is 1. The summed E-state index contributed by atoms with van der Waals surface area (Å²) in [6.07, 6.45) is 5.66. The van der Waals surface area contributed by atoms with Gasteiger partial charge in [0.15, 0.2) is 0 Å². The molecule has 2 N–H and O–H groups in total. The normalized spacial score (nSPS) is 19.9. The van der Waals surface area contributed by atoms with Crippen molar-refractivity contribution in [3.05, 3.63) is 53.7 Å². The van der Waals surface area contributed by atoms with Crippen LogP contribution < -0.4 is 15.4 Å². The van der Waals surface area contributed by atoms with Crippen molar-refractivity contribution < 1.29 is 9.53 Å². The van der Waals surface area contributed by atoms with E-state index in [0.717, 1.165) is 42.5 Å². The number of carbonyl (C=O) groups is 1. The van der Waals surface area contributed by atoms with Gasteiger partial charge < -0.3 is 15.4 Å². The largest absolute Gasteiger partial charge is 0.474 e. The lowest BCUT2D eigenvalue weighted by Crippen LogP contribution is -2.41. The maximum atomic E-state index is 12.2. The molecule has 2 amide bonds. The highest BCUT2D eigenvalue weighted by Crippen LogP contribution is 2.23. The number of rotatable bonds is 4. The summed E-state index contributed by atoms with van der Waals surface area (Å²) in [6, 6.07) is 11.7. The number of benzene rings is 1. The van der Waals surface area contributed by atoms with Crippen molar-refractivity contribution >= 4 is 11.7 Å². The molecule has 0 radical (unpaired) electrons. The third-order valence-electron chi connectivity index (χ3n) is 4.57. The Kier molecular flexibility index (Phi) is 5.53. The number of ether oxygens (including phenoxy) is 1. The minimum atomic E-state index is -0.140. The van der Waals surface area contributed by atoms with Crippen molar-refractivity contribution in [3.63, 3.8) is 0 Å². The third kappa shape index (κ3) is 4.95. The molecule has 0 aliphatic heterocycles. The molecule has 132 valence electrons. The second-order valence-electron chi connectivity index (χ2n) is 6.68. The summed E-state index contributed by atoms with van der Waals surface area (Å²) in [5.74, 6) is 0.680. The lowest BCUT2D eigenvalue weighted by atomic mass is 9.93. The molecule has 1 aromatic carbocycles. The summed E-state index contributed by atoms with van der Waals surface area (Å²) in [7, 11) is 0. The molecule has 1 fully saturated rings. The van der Waals surface area contributed by atoms with Crippen LogP contribution in [0.5, 0.6) is 5.88 Å². The van der Waals surface area contributed by atoms with Crippen molar-refractivity contribution in [2.75, 3.05) is 5.32 Å². The van der Waals surface area contributed by atoms with Crippen LogP contribution in [0.4, 0.5) is 10.5 Å². The molecule has 0 spiro atoms. The van der Waals surface area contributed by atoms with E-state index in [1.54, 1.807) is 0 Å². The number of hydrogen-bond acceptors (Lipinski definition) is 3. The highest BCUT2D eigenvalue weighted by atomic mass is 16.5. The van der Waals surface area contributed by atoms with Crippen LogP contribution in [0.3, 0.4) is 0 Å². The second-order valence-corrected chi connectivity index (χ2v) is 6.68. The lowest BCUT2D eigenvalue weighted by Gasteiger charge is -2.29. The summed E-state index contributed by atoms with van der Waals surface area (Å²) < 4.78 is 5.94. The van der Waals surface area contributed by atoms with E-state index in [4.69, 9.17) is 4.74 Å². The second kappa shape index (κ2) is 8.01. The zero-order valence-electron chi connectivity index (χ0n) is 14.8. The Morgan fingerprint density at radius 3 is 2.52 bits per heavy atom. The number of para-hydroxylation sites is 1. The van der Waals surface area contributed by atoms with Gasteiger partial charge in [-0.15, -0.1) is 0 Å². The number of nitrogens with one attached hydrogen (secondary N) is 2. The number of amides is 2. The first-order chi connectivity index (χ1) is 12.1.